The molecule has 1 heterocycles. The second-order valence-corrected chi connectivity index (χ2v) is 6.63. The average molecular weight is 299 g/mol. The van der Waals surface area contributed by atoms with Crippen LogP contribution < -0.4 is 4.31 Å². The van der Waals surface area contributed by atoms with Crippen LogP contribution in [0.1, 0.15) is 17.9 Å². The molecule has 1 aromatic carbocycles. The Morgan fingerprint density at radius 3 is 2.80 bits per heavy atom. The third-order valence-electron chi connectivity index (χ3n) is 3.38. The lowest BCUT2D eigenvalue weighted by atomic mass is 9.91. The lowest BCUT2D eigenvalue weighted by Crippen LogP contribution is -2.40. The summed E-state index contributed by atoms with van der Waals surface area (Å²) in [6.07, 6.45) is 0.276. The number of benzene rings is 1. The van der Waals surface area contributed by atoms with Crippen molar-refractivity contribution in [2.75, 3.05) is 30.3 Å². The van der Waals surface area contributed by atoms with E-state index >= 15 is 0 Å². The summed E-state index contributed by atoms with van der Waals surface area (Å²) in [6, 6.07) is 6.75. The minimum atomic E-state index is -3.49. The van der Waals surface area contributed by atoms with Crippen LogP contribution in [-0.2, 0) is 19.6 Å². The van der Waals surface area contributed by atoms with Crippen LogP contribution >= 0.6 is 0 Å². The van der Waals surface area contributed by atoms with Crippen LogP contribution in [0.3, 0.4) is 0 Å². The Bertz CT molecular complexity index is 599. The fourth-order valence-electron chi connectivity index (χ4n) is 2.38. The van der Waals surface area contributed by atoms with Crippen LogP contribution in [-0.4, -0.2) is 45.5 Å². The van der Waals surface area contributed by atoms with E-state index in [1.54, 1.807) is 24.3 Å². The maximum absolute atomic E-state index is 12.3. The maximum atomic E-state index is 12.3. The average Bonchev–Trinajstić information content (AvgIpc) is 2.43. The molecule has 1 N–H and O–H groups in total. The van der Waals surface area contributed by atoms with E-state index in [1.165, 1.54) is 11.4 Å². The number of carboxylic acids is 1. The largest absolute Gasteiger partial charge is 0.481 e. The van der Waals surface area contributed by atoms with Gasteiger partial charge in [-0.25, -0.2) is 8.42 Å². The van der Waals surface area contributed by atoms with Crippen molar-refractivity contribution in [1.29, 1.82) is 0 Å². The quantitative estimate of drug-likeness (QED) is 0.878. The molecular formula is C13H17NO5S. The molecule has 0 spiro atoms. The second kappa shape index (κ2) is 5.80. The molecule has 2 rings (SSSR count). The summed E-state index contributed by atoms with van der Waals surface area (Å²) < 4.78 is 30.7. The molecule has 0 saturated heterocycles. The first kappa shape index (κ1) is 14.8. The summed E-state index contributed by atoms with van der Waals surface area (Å²) in [7, 11) is -2.05. The molecular weight excluding hydrogens is 282 g/mol. The molecule has 0 saturated carbocycles. The maximum Gasteiger partial charge on any atom is 0.311 e. The van der Waals surface area contributed by atoms with Gasteiger partial charge in [0.1, 0.15) is 0 Å². The molecule has 7 heteroatoms. The van der Waals surface area contributed by atoms with Crippen LogP contribution in [0.2, 0.25) is 0 Å². The number of rotatable bonds is 5. The van der Waals surface area contributed by atoms with E-state index in [2.05, 4.69) is 0 Å². The molecule has 0 fully saturated rings. The number of anilines is 1. The molecule has 1 unspecified atom stereocenters. The van der Waals surface area contributed by atoms with Crippen molar-refractivity contribution >= 4 is 21.7 Å². The lowest BCUT2D eigenvalue weighted by Gasteiger charge is -2.33. The van der Waals surface area contributed by atoms with Gasteiger partial charge in [0.05, 0.1) is 24.0 Å². The number of ether oxygens (including phenoxy) is 1. The summed E-state index contributed by atoms with van der Waals surface area (Å²) in [5, 5.41) is 9.23. The number of carbonyl (C=O) groups is 1. The van der Waals surface area contributed by atoms with Gasteiger partial charge in [-0.1, -0.05) is 18.2 Å². The van der Waals surface area contributed by atoms with Crippen molar-refractivity contribution < 1.29 is 23.1 Å². The number of fused-ring (bicyclic) bond motifs is 1. The van der Waals surface area contributed by atoms with Crippen molar-refractivity contribution in [3.05, 3.63) is 29.8 Å². The standard InChI is InChI=1S/C13H17NO5S/c1-19-8-9-20(17,18)14-7-6-11(13(15)16)10-4-2-3-5-12(10)14/h2-5,11H,6-9H2,1H3,(H,15,16). The molecule has 1 atom stereocenters. The first-order valence-corrected chi connectivity index (χ1v) is 7.89. The molecule has 0 aliphatic carbocycles. The van der Waals surface area contributed by atoms with Gasteiger partial charge < -0.3 is 9.84 Å². The van der Waals surface area contributed by atoms with Gasteiger partial charge >= 0.3 is 5.97 Å². The van der Waals surface area contributed by atoms with Gasteiger partial charge in [-0.2, -0.15) is 0 Å². The normalized spacial score (nSPS) is 18.6. The summed E-state index contributed by atoms with van der Waals surface area (Å²) in [4.78, 5) is 11.3. The molecule has 1 aliphatic heterocycles. The van der Waals surface area contributed by atoms with Crippen LogP contribution in [0.25, 0.3) is 0 Å². The van der Waals surface area contributed by atoms with Crippen molar-refractivity contribution in [3.63, 3.8) is 0 Å². The van der Waals surface area contributed by atoms with Crippen molar-refractivity contribution in [2.24, 2.45) is 0 Å². The van der Waals surface area contributed by atoms with Crippen LogP contribution in [0.5, 0.6) is 0 Å². The van der Waals surface area contributed by atoms with Crippen LogP contribution in [0.15, 0.2) is 24.3 Å². The monoisotopic (exact) mass is 299 g/mol. The number of carboxylic acid groups (broad SMARTS) is 1. The Kier molecular flexibility index (Phi) is 4.29. The SMILES string of the molecule is COCCS(=O)(=O)N1CCC(C(=O)O)c2ccccc21. The molecule has 0 amide bonds. The first-order chi connectivity index (χ1) is 9.47. The highest BCUT2D eigenvalue weighted by Gasteiger charge is 2.34. The van der Waals surface area contributed by atoms with Crippen LogP contribution in [0, 0.1) is 0 Å². The first-order valence-electron chi connectivity index (χ1n) is 6.28. The smallest absolute Gasteiger partial charge is 0.311 e. The summed E-state index contributed by atoms with van der Waals surface area (Å²) in [5.74, 6) is -1.69. The number of nitrogens with zero attached hydrogens (tertiary/aromatic N) is 1. The topological polar surface area (TPSA) is 83.9 Å². The van der Waals surface area contributed by atoms with Gasteiger partial charge in [-0.15, -0.1) is 0 Å². The predicted octanol–water partition coefficient (Wildman–Crippen LogP) is 1.04. The highest BCUT2D eigenvalue weighted by molar-refractivity contribution is 7.92. The van der Waals surface area contributed by atoms with E-state index in [0.29, 0.717) is 11.3 Å². The molecule has 0 bridgehead atoms. The van der Waals surface area contributed by atoms with Gasteiger partial charge in [0.25, 0.3) is 0 Å². The highest BCUT2D eigenvalue weighted by atomic mass is 32.2. The minimum absolute atomic E-state index is 0.114. The van der Waals surface area contributed by atoms with Gasteiger partial charge in [0.15, 0.2) is 0 Å². The second-order valence-electron chi connectivity index (χ2n) is 4.62. The molecule has 110 valence electrons. The number of hydrogen-bond acceptors (Lipinski definition) is 4. The molecule has 0 radical (unpaired) electrons. The third kappa shape index (κ3) is 2.78. The van der Waals surface area contributed by atoms with E-state index in [9.17, 15) is 18.3 Å². The van der Waals surface area contributed by atoms with Gasteiger partial charge in [0, 0.05) is 13.7 Å². The van der Waals surface area contributed by atoms with E-state index in [1.807, 2.05) is 0 Å². The summed E-state index contributed by atoms with van der Waals surface area (Å²) >= 11 is 0. The zero-order valence-electron chi connectivity index (χ0n) is 11.2. The number of methoxy groups -OCH3 is 1. The zero-order chi connectivity index (χ0) is 14.8. The van der Waals surface area contributed by atoms with Crippen molar-refractivity contribution in [3.8, 4) is 0 Å². The number of hydrogen-bond donors (Lipinski definition) is 1. The van der Waals surface area contributed by atoms with E-state index in [4.69, 9.17) is 4.74 Å². The molecule has 6 nitrogen and oxygen atoms in total. The Labute approximate surface area is 118 Å². The molecule has 0 aromatic heterocycles. The molecule has 1 aliphatic rings. The molecule has 1 aromatic rings. The number of aliphatic carboxylic acids is 1. The predicted molar refractivity (Wildman–Crippen MR) is 74.4 cm³/mol. The third-order valence-corrected chi connectivity index (χ3v) is 5.11. The van der Waals surface area contributed by atoms with Gasteiger partial charge in [-0.3, -0.25) is 9.10 Å². The van der Waals surface area contributed by atoms with Crippen molar-refractivity contribution in [1.82, 2.24) is 0 Å². The fourth-order valence-corrected chi connectivity index (χ4v) is 3.82. The van der Waals surface area contributed by atoms with Gasteiger partial charge in [0.2, 0.25) is 10.0 Å². The fraction of sp³-hybridized carbons (Fsp3) is 0.462. The number of sulfonamides is 1. The Balaban J connectivity index is 2.39. The van der Waals surface area contributed by atoms with Gasteiger partial charge in [-0.05, 0) is 18.1 Å². The lowest BCUT2D eigenvalue weighted by molar-refractivity contribution is -0.139. The van der Waals surface area contributed by atoms with Crippen LogP contribution in [0.4, 0.5) is 5.69 Å². The Morgan fingerprint density at radius 2 is 2.15 bits per heavy atom. The van der Waals surface area contributed by atoms with E-state index in [-0.39, 0.29) is 25.3 Å². The number of para-hydroxylation sites is 1. The zero-order valence-corrected chi connectivity index (χ0v) is 12.0. The van der Waals surface area contributed by atoms with E-state index in [0.717, 1.165) is 0 Å². The summed E-state index contributed by atoms with van der Waals surface area (Å²) in [6.45, 7) is 0.295. The highest BCUT2D eigenvalue weighted by Crippen LogP contribution is 2.36. The Morgan fingerprint density at radius 1 is 1.45 bits per heavy atom. The Hall–Kier alpha value is -1.60. The van der Waals surface area contributed by atoms with Crippen molar-refractivity contribution in [2.45, 2.75) is 12.3 Å². The van der Waals surface area contributed by atoms with E-state index < -0.39 is 21.9 Å². The minimum Gasteiger partial charge on any atom is -0.481 e. The molecule has 20 heavy (non-hydrogen) atoms. The summed E-state index contributed by atoms with van der Waals surface area (Å²) in [5.41, 5.74) is 1.01.